The number of sulfonamides is 1. The molecule has 1 atom stereocenters. The third-order valence-corrected chi connectivity index (χ3v) is 6.38. The van der Waals surface area contributed by atoms with Gasteiger partial charge < -0.3 is 9.64 Å². The molecule has 0 aliphatic carbocycles. The van der Waals surface area contributed by atoms with Crippen LogP contribution < -0.4 is 4.72 Å². The van der Waals surface area contributed by atoms with E-state index in [4.69, 9.17) is 4.74 Å². The fourth-order valence-electron chi connectivity index (χ4n) is 3.01. The van der Waals surface area contributed by atoms with E-state index in [0.29, 0.717) is 31.8 Å². The number of ether oxygens (including phenoxy) is 1. The first kappa shape index (κ1) is 21.7. The summed E-state index contributed by atoms with van der Waals surface area (Å²) in [6.07, 6.45) is 1.82. The number of piperidine rings is 1. The third kappa shape index (κ3) is 6.21. The number of hydrogen-bond acceptors (Lipinski definition) is 4. The molecule has 0 saturated carbocycles. The van der Waals surface area contributed by atoms with Crippen molar-refractivity contribution >= 4 is 16.1 Å². The summed E-state index contributed by atoms with van der Waals surface area (Å²) in [7, 11) is -3.56. The standard InChI is InChI=1S/C20H32N2O4S/c1-6-15(2)16-7-9-18(10-8-16)27(24,25)21-17-11-13-22(14-12-17)19(23)26-20(3,4)5/h7-10,15,17,21H,6,11-14H2,1-5H3. The SMILES string of the molecule is CCC(C)c1ccc(S(=O)(=O)NC2CCN(C(=O)OC(C)(C)C)CC2)cc1. The fraction of sp³-hybridized carbons (Fsp3) is 0.650. The number of likely N-dealkylation sites (tertiary alicyclic amines) is 1. The van der Waals surface area contributed by atoms with Crippen molar-refractivity contribution in [2.75, 3.05) is 13.1 Å². The van der Waals surface area contributed by atoms with Crippen molar-refractivity contribution < 1.29 is 17.9 Å². The molecule has 1 aromatic rings. The molecule has 6 nitrogen and oxygen atoms in total. The largest absolute Gasteiger partial charge is 0.444 e. The highest BCUT2D eigenvalue weighted by Crippen LogP contribution is 2.22. The molecule has 1 amide bonds. The van der Waals surface area contributed by atoms with Gasteiger partial charge in [-0.3, -0.25) is 0 Å². The molecular weight excluding hydrogens is 364 g/mol. The number of carbonyl (C=O) groups excluding carboxylic acids is 1. The third-order valence-electron chi connectivity index (χ3n) is 4.84. The minimum atomic E-state index is -3.56. The van der Waals surface area contributed by atoms with E-state index in [1.54, 1.807) is 17.0 Å². The summed E-state index contributed by atoms with van der Waals surface area (Å²) in [4.78, 5) is 14.0. The van der Waals surface area contributed by atoms with Crippen LogP contribution in [0.25, 0.3) is 0 Å². The predicted octanol–water partition coefficient (Wildman–Crippen LogP) is 3.88. The minimum Gasteiger partial charge on any atom is -0.444 e. The Balaban J connectivity index is 1.93. The molecule has 2 rings (SSSR count). The molecule has 1 heterocycles. The zero-order valence-corrected chi connectivity index (χ0v) is 17.8. The van der Waals surface area contributed by atoms with Crippen molar-refractivity contribution in [3.8, 4) is 0 Å². The van der Waals surface area contributed by atoms with Gasteiger partial charge in [0.2, 0.25) is 10.0 Å². The van der Waals surface area contributed by atoms with Gasteiger partial charge in [-0.15, -0.1) is 0 Å². The maximum absolute atomic E-state index is 12.6. The second-order valence-corrected chi connectivity index (χ2v) is 9.96. The molecule has 1 fully saturated rings. The maximum atomic E-state index is 12.6. The number of nitrogens with one attached hydrogen (secondary N) is 1. The molecule has 1 N–H and O–H groups in total. The van der Waals surface area contributed by atoms with E-state index in [2.05, 4.69) is 18.6 Å². The summed E-state index contributed by atoms with van der Waals surface area (Å²) >= 11 is 0. The minimum absolute atomic E-state index is 0.178. The van der Waals surface area contributed by atoms with Crippen molar-refractivity contribution in [3.05, 3.63) is 29.8 Å². The van der Waals surface area contributed by atoms with Gasteiger partial charge in [-0.2, -0.15) is 0 Å². The monoisotopic (exact) mass is 396 g/mol. The van der Waals surface area contributed by atoms with Gasteiger partial charge in [0.1, 0.15) is 5.60 Å². The van der Waals surface area contributed by atoms with E-state index in [1.165, 1.54) is 0 Å². The summed E-state index contributed by atoms with van der Waals surface area (Å²) in [6, 6.07) is 6.92. The predicted molar refractivity (Wildman–Crippen MR) is 106 cm³/mol. The van der Waals surface area contributed by atoms with Crippen molar-refractivity contribution in [2.24, 2.45) is 0 Å². The van der Waals surface area contributed by atoms with Crippen LogP contribution >= 0.6 is 0 Å². The molecule has 0 spiro atoms. The molecule has 0 aromatic heterocycles. The highest BCUT2D eigenvalue weighted by Gasteiger charge is 2.29. The Bertz CT molecular complexity index is 730. The Labute approximate surface area is 163 Å². The second-order valence-electron chi connectivity index (χ2n) is 8.24. The van der Waals surface area contributed by atoms with Crippen LogP contribution in [-0.4, -0.2) is 44.1 Å². The number of rotatable bonds is 5. The average Bonchev–Trinajstić information content (AvgIpc) is 2.60. The molecule has 7 heteroatoms. The van der Waals surface area contributed by atoms with E-state index in [9.17, 15) is 13.2 Å². The van der Waals surface area contributed by atoms with Crippen LogP contribution in [0.5, 0.6) is 0 Å². The van der Waals surface area contributed by atoms with E-state index >= 15 is 0 Å². The number of benzene rings is 1. The van der Waals surface area contributed by atoms with Crippen molar-refractivity contribution in [1.82, 2.24) is 9.62 Å². The topological polar surface area (TPSA) is 75.7 Å². The van der Waals surface area contributed by atoms with Crippen LogP contribution in [-0.2, 0) is 14.8 Å². The first-order valence-electron chi connectivity index (χ1n) is 9.62. The van der Waals surface area contributed by atoms with Crippen molar-refractivity contribution in [2.45, 2.75) is 76.3 Å². The summed E-state index contributed by atoms with van der Waals surface area (Å²) in [5, 5.41) is 0. The van der Waals surface area contributed by atoms with Crippen LogP contribution in [0, 0.1) is 0 Å². The van der Waals surface area contributed by atoms with Gasteiger partial charge in [0.25, 0.3) is 0 Å². The van der Waals surface area contributed by atoms with Crippen molar-refractivity contribution in [3.63, 3.8) is 0 Å². The van der Waals surface area contributed by atoms with Crippen LogP contribution in [0.3, 0.4) is 0 Å². The second kappa shape index (κ2) is 8.61. The molecule has 1 aliphatic rings. The van der Waals surface area contributed by atoms with Crippen LogP contribution in [0.1, 0.15) is 65.4 Å². The molecule has 1 aliphatic heterocycles. The Kier molecular flexibility index (Phi) is 6.92. The molecule has 27 heavy (non-hydrogen) atoms. The quantitative estimate of drug-likeness (QED) is 0.819. The van der Waals surface area contributed by atoms with E-state index in [0.717, 1.165) is 12.0 Å². The number of carbonyl (C=O) groups is 1. The Morgan fingerprint density at radius 1 is 1.22 bits per heavy atom. The zero-order valence-electron chi connectivity index (χ0n) is 17.0. The molecule has 152 valence electrons. The van der Waals surface area contributed by atoms with Gasteiger partial charge in [0.05, 0.1) is 4.90 Å². The summed E-state index contributed by atoms with van der Waals surface area (Å²) in [5.74, 6) is 0.409. The van der Waals surface area contributed by atoms with Gasteiger partial charge >= 0.3 is 6.09 Å². The number of hydrogen-bond donors (Lipinski definition) is 1. The molecule has 1 saturated heterocycles. The molecule has 0 radical (unpaired) electrons. The van der Waals surface area contributed by atoms with Gasteiger partial charge in [-0.05, 0) is 63.6 Å². The van der Waals surface area contributed by atoms with E-state index in [1.807, 2.05) is 32.9 Å². The van der Waals surface area contributed by atoms with Crippen LogP contribution in [0.4, 0.5) is 4.79 Å². The number of nitrogens with zero attached hydrogens (tertiary/aromatic N) is 1. The average molecular weight is 397 g/mol. The fourth-order valence-corrected chi connectivity index (χ4v) is 4.31. The molecule has 0 bridgehead atoms. The van der Waals surface area contributed by atoms with E-state index < -0.39 is 15.6 Å². The summed E-state index contributed by atoms with van der Waals surface area (Å²) < 4.78 is 33.4. The normalized spacial score (nSPS) is 17.6. The Morgan fingerprint density at radius 2 is 1.78 bits per heavy atom. The lowest BCUT2D eigenvalue weighted by Crippen LogP contribution is -2.47. The summed E-state index contributed by atoms with van der Waals surface area (Å²) in [5.41, 5.74) is 0.610. The zero-order chi connectivity index (χ0) is 20.2. The van der Waals surface area contributed by atoms with Gasteiger partial charge in [0, 0.05) is 19.1 Å². The van der Waals surface area contributed by atoms with Gasteiger partial charge in [0.15, 0.2) is 0 Å². The molecule has 1 aromatic carbocycles. The van der Waals surface area contributed by atoms with Crippen LogP contribution in [0.15, 0.2) is 29.2 Å². The lowest BCUT2D eigenvalue weighted by molar-refractivity contribution is 0.0203. The van der Waals surface area contributed by atoms with Gasteiger partial charge in [-0.1, -0.05) is 26.0 Å². The first-order chi connectivity index (χ1) is 12.5. The number of amides is 1. The Morgan fingerprint density at radius 3 is 2.26 bits per heavy atom. The highest BCUT2D eigenvalue weighted by molar-refractivity contribution is 7.89. The molecular formula is C20H32N2O4S. The van der Waals surface area contributed by atoms with E-state index in [-0.39, 0.29) is 17.0 Å². The lowest BCUT2D eigenvalue weighted by Gasteiger charge is -2.33. The first-order valence-corrected chi connectivity index (χ1v) is 11.1. The van der Waals surface area contributed by atoms with Crippen molar-refractivity contribution in [1.29, 1.82) is 0 Å². The molecule has 1 unspecified atom stereocenters. The summed E-state index contributed by atoms with van der Waals surface area (Å²) in [6.45, 7) is 10.7. The highest BCUT2D eigenvalue weighted by atomic mass is 32.2. The van der Waals surface area contributed by atoms with Crippen LogP contribution in [0.2, 0.25) is 0 Å². The Hall–Kier alpha value is -1.60. The van der Waals surface area contributed by atoms with Gasteiger partial charge in [-0.25, -0.2) is 17.9 Å². The smallest absolute Gasteiger partial charge is 0.410 e. The lowest BCUT2D eigenvalue weighted by atomic mass is 9.99. The maximum Gasteiger partial charge on any atom is 0.410 e.